The van der Waals surface area contributed by atoms with Crippen LogP contribution in [0.4, 0.5) is 0 Å². The van der Waals surface area contributed by atoms with Gasteiger partial charge in [-0.2, -0.15) is 0 Å². The number of nitrogens with one attached hydrogen (secondary N) is 1. The molecular formula is C10H23NO2. The van der Waals surface area contributed by atoms with E-state index in [1.54, 1.807) is 0 Å². The van der Waals surface area contributed by atoms with Crippen molar-refractivity contribution in [3.8, 4) is 0 Å². The molecule has 0 bridgehead atoms. The van der Waals surface area contributed by atoms with Gasteiger partial charge in [-0.15, -0.1) is 0 Å². The summed E-state index contributed by atoms with van der Waals surface area (Å²) in [4.78, 5) is 4.09. The summed E-state index contributed by atoms with van der Waals surface area (Å²) in [6.45, 7) is 8.11. The number of hydrogen-bond acceptors (Lipinski definition) is 3. The maximum absolute atomic E-state index is 8.09. The maximum Gasteiger partial charge on any atom is 0.0974 e. The van der Waals surface area contributed by atoms with Gasteiger partial charge in [0, 0.05) is 0 Å². The van der Waals surface area contributed by atoms with Crippen LogP contribution in [-0.2, 0) is 4.89 Å². The van der Waals surface area contributed by atoms with Crippen molar-refractivity contribution >= 4 is 0 Å². The molecule has 0 aromatic carbocycles. The molecule has 0 aliphatic carbocycles. The van der Waals surface area contributed by atoms with E-state index in [1.165, 1.54) is 32.4 Å². The summed E-state index contributed by atoms with van der Waals surface area (Å²) < 4.78 is 0. The summed E-state index contributed by atoms with van der Waals surface area (Å²) in [5, 5.41) is 11.4. The first-order valence-corrected chi connectivity index (χ1v) is 5.15. The molecule has 1 aliphatic heterocycles. The zero-order chi connectivity index (χ0) is 10.2. The van der Waals surface area contributed by atoms with E-state index in [2.05, 4.69) is 10.2 Å². The predicted molar refractivity (Wildman–Crippen MR) is 54.8 cm³/mol. The highest BCUT2D eigenvalue weighted by Gasteiger charge is 2.13. The van der Waals surface area contributed by atoms with Gasteiger partial charge in [0.05, 0.1) is 5.60 Å². The van der Waals surface area contributed by atoms with E-state index in [-0.39, 0.29) is 5.60 Å². The lowest BCUT2D eigenvalue weighted by Crippen LogP contribution is -2.21. The van der Waals surface area contributed by atoms with Gasteiger partial charge in [-0.1, -0.05) is 13.3 Å². The van der Waals surface area contributed by atoms with Crippen molar-refractivity contribution in [2.24, 2.45) is 0 Å². The van der Waals surface area contributed by atoms with Crippen LogP contribution in [0.3, 0.4) is 0 Å². The van der Waals surface area contributed by atoms with Gasteiger partial charge in [0.2, 0.25) is 0 Å². The van der Waals surface area contributed by atoms with Gasteiger partial charge in [-0.05, 0) is 46.2 Å². The Morgan fingerprint density at radius 3 is 1.85 bits per heavy atom. The fraction of sp³-hybridized carbons (Fsp3) is 1.00. The Morgan fingerprint density at radius 1 is 1.23 bits per heavy atom. The Kier molecular flexibility index (Phi) is 7.23. The van der Waals surface area contributed by atoms with Crippen LogP contribution in [0, 0.1) is 0 Å². The summed E-state index contributed by atoms with van der Waals surface area (Å²) in [5.74, 6) is 0. The third-order valence-electron chi connectivity index (χ3n) is 2.31. The molecule has 0 aromatic rings. The molecular weight excluding hydrogens is 166 g/mol. The van der Waals surface area contributed by atoms with Gasteiger partial charge in [-0.25, -0.2) is 4.89 Å². The second-order valence-electron chi connectivity index (χ2n) is 4.02. The standard InChI is InChI=1S/C5H11N.C5H12O2/c1-2-4-6-5-3-1;1-4-5(2,3)7-6/h6H,1-5H2;6H,4H2,1-3H3. The smallest absolute Gasteiger partial charge is 0.0974 e. The Bertz CT molecular complexity index is 94.0. The third-order valence-corrected chi connectivity index (χ3v) is 2.31. The van der Waals surface area contributed by atoms with E-state index >= 15 is 0 Å². The molecule has 0 unspecified atom stereocenters. The molecule has 1 rings (SSSR count). The first-order chi connectivity index (χ1) is 6.12. The predicted octanol–water partition coefficient (Wildman–Crippen LogP) is 2.42. The Labute approximate surface area is 81.4 Å². The molecule has 80 valence electrons. The van der Waals surface area contributed by atoms with Gasteiger partial charge in [0.1, 0.15) is 0 Å². The van der Waals surface area contributed by atoms with Crippen LogP contribution in [-0.4, -0.2) is 23.9 Å². The normalized spacial score (nSPS) is 17.5. The molecule has 3 heteroatoms. The Morgan fingerprint density at radius 2 is 1.77 bits per heavy atom. The molecule has 3 nitrogen and oxygen atoms in total. The van der Waals surface area contributed by atoms with Crippen LogP contribution in [0.1, 0.15) is 46.5 Å². The Hall–Kier alpha value is -0.120. The van der Waals surface area contributed by atoms with Crippen molar-refractivity contribution in [2.75, 3.05) is 13.1 Å². The van der Waals surface area contributed by atoms with E-state index in [0.717, 1.165) is 6.42 Å². The molecule has 0 amide bonds. The average molecular weight is 189 g/mol. The van der Waals surface area contributed by atoms with Gasteiger partial charge < -0.3 is 5.32 Å². The van der Waals surface area contributed by atoms with Gasteiger partial charge in [0.15, 0.2) is 0 Å². The lowest BCUT2D eigenvalue weighted by Gasteiger charge is -2.16. The molecule has 1 heterocycles. The zero-order valence-corrected chi connectivity index (χ0v) is 9.10. The van der Waals surface area contributed by atoms with Crippen LogP contribution in [0.15, 0.2) is 0 Å². The third kappa shape index (κ3) is 8.22. The van der Waals surface area contributed by atoms with Crippen molar-refractivity contribution in [3.05, 3.63) is 0 Å². The van der Waals surface area contributed by atoms with Gasteiger partial charge in [0.25, 0.3) is 0 Å². The fourth-order valence-corrected chi connectivity index (χ4v) is 0.866. The van der Waals surface area contributed by atoms with Crippen LogP contribution < -0.4 is 5.32 Å². The Balaban J connectivity index is 0.000000223. The molecule has 1 aliphatic rings. The molecule has 2 N–H and O–H groups in total. The minimum absolute atomic E-state index is 0.361. The van der Waals surface area contributed by atoms with E-state index in [0.29, 0.717) is 0 Å². The maximum atomic E-state index is 8.09. The summed E-state index contributed by atoms with van der Waals surface area (Å²) in [5.41, 5.74) is -0.361. The van der Waals surface area contributed by atoms with Crippen LogP contribution in [0.5, 0.6) is 0 Å². The molecule has 13 heavy (non-hydrogen) atoms. The molecule has 0 aromatic heterocycles. The van der Waals surface area contributed by atoms with Crippen molar-refractivity contribution < 1.29 is 10.1 Å². The fourth-order valence-electron chi connectivity index (χ4n) is 0.866. The van der Waals surface area contributed by atoms with Crippen LogP contribution in [0.25, 0.3) is 0 Å². The minimum atomic E-state index is -0.361. The number of rotatable bonds is 2. The summed E-state index contributed by atoms with van der Waals surface area (Å²) in [7, 11) is 0. The monoisotopic (exact) mass is 189 g/mol. The second-order valence-corrected chi connectivity index (χ2v) is 4.02. The SMILES string of the molecule is C1CCNCC1.CCC(C)(C)OO. The van der Waals surface area contributed by atoms with E-state index < -0.39 is 0 Å². The lowest BCUT2D eigenvalue weighted by molar-refractivity contribution is -0.313. The molecule has 0 radical (unpaired) electrons. The summed E-state index contributed by atoms with van der Waals surface area (Å²) in [6, 6.07) is 0. The quantitative estimate of drug-likeness (QED) is 0.518. The molecule has 0 saturated carbocycles. The first-order valence-electron chi connectivity index (χ1n) is 5.15. The number of hydrogen-bond donors (Lipinski definition) is 2. The first kappa shape index (κ1) is 12.9. The van der Waals surface area contributed by atoms with Crippen molar-refractivity contribution in [2.45, 2.75) is 52.1 Å². The van der Waals surface area contributed by atoms with Gasteiger partial charge >= 0.3 is 0 Å². The highest BCUT2D eigenvalue weighted by atomic mass is 17.1. The minimum Gasteiger partial charge on any atom is -0.317 e. The number of piperidine rings is 1. The van der Waals surface area contributed by atoms with Gasteiger partial charge in [-0.3, -0.25) is 5.26 Å². The highest BCUT2D eigenvalue weighted by molar-refractivity contribution is 4.61. The lowest BCUT2D eigenvalue weighted by atomic mass is 10.1. The van der Waals surface area contributed by atoms with Crippen molar-refractivity contribution in [1.29, 1.82) is 0 Å². The summed E-state index contributed by atoms with van der Waals surface area (Å²) in [6.07, 6.45) is 5.04. The van der Waals surface area contributed by atoms with E-state index in [1.807, 2.05) is 20.8 Å². The topological polar surface area (TPSA) is 41.5 Å². The van der Waals surface area contributed by atoms with E-state index in [4.69, 9.17) is 5.26 Å². The molecule has 0 spiro atoms. The van der Waals surface area contributed by atoms with Crippen molar-refractivity contribution in [3.63, 3.8) is 0 Å². The van der Waals surface area contributed by atoms with Crippen LogP contribution in [0.2, 0.25) is 0 Å². The highest BCUT2D eigenvalue weighted by Crippen LogP contribution is 2.10. The van der Waals surface area contributed by atoms with Crippen LogP contribution >= 0.6 is 0 Å². The van der Waals surface area contributed by atoms with Crippen molar-refractivity contribution in [1.82, 2.24) is 5.32 Å². The zero-order valence-electron chi connectivity index (χ0n) is 9.10. The largest absolute Gasteiger partial charge is 0.317 e. The summed E-state index contributed by atoms with van der Waals surface area (Å²) >= 11 is 0. The second kappa shape index (κ2) is 7.30. The molecule has 1 saturated heterocycles. The molecule has 1 fully saturated rings. The molecule has 0 atom stereocenters. The average Bonchev–Trinajstić information content (AvgIpc) is 2.21. The van der Waals surface area contributed by atoms with E-state index in [9.17, 15) is 0 Å².